The second-order valence-corrected chi connectivity index (χ2v) is 6.42. The minimum absolute atomic E-state index is 0.0652. The highest BCUT2D eigenvalue weighted by atomic mass is 19.1. The second kappa shape index (κ2) is 8.23. The molecule has 0 aromatic heterocycles. The first kappa shape index (κ1) is 17.6. The SMILES string of the molecule is NCc1ccc(C(=O)NCC(c2ccc(F)cc2)N2CCCC2)cc1. The van der Waals surface area contributed by atoms with Crippen molar-refractivity contribution in [3.05, 3.63) is 71.0 Å². The topological polar surface area (TPSA) is 58.4 Å². The number of carbonyl (C=O) groups excluding carboxylic acids is 1. The maximum atomic E-state index is 13.2. The van der Waals surface area contributed by atoms with Gasteiger partial charge in [-0.1, -0.05) is 24.3 Å². The van der Waals surface area contributed by atoms with Crippen molar-refractivity contribution < 1.29 is 9.18 Å². The van der Waals surface area contributed by atoms with Crippen molar-refractivity contribution in [3.8, 4) is 0 Å². The minimum atomic E-state index is -0.243. The van der Waals surface area contributed by atoms with Crippen molar-refractivity contribution in [1.29, 1.82) is 0 Å². The molecule has 1 aliphatic heterocycles. The highest BCUT2D eigenvalue weighted by molar-refractivity contribution is 5.94. The Morgan fingerprint density at radius 2 is 1.72 bits per heavy atom. The van der Waals surface area contributed by atoms with E-state index in [0.717, 1.165) is 37.1 Å². The zero-order chi connectivity index (χ0) is 17.6. The molecule has 0 bridgehead atoms. The molecule has 0 radical (unpaired) electrons. The number of amides is 1. The fraction of sp³-hybridized carbons (Fsp3) is 0.350. The summed E-state index contributed by atoms with van der Waals surface area (Å²) in [6.07, 6.45) is 2.32. The highest BCUT2D eigenvalue weighted by Crippen LogP contribution is 2.25. The van der Waals surface area contributed by atoms with Gasteiger partial charge in [0.2, 0.25) is 0 Å². The molecule has 1 aliphatic rings. The van der Waals surface area contributed by atoms with E-state index in [2.05, 4.69) is 10.2 Å². The summed E-state index contributed by atoms with van der Waals surface area (Å²) in [5.41, 5.74) is 8.24. The van der Waals surface area contributed by atoms with Gasteiger partial charge in [0.25, 0.3) is 5.91 Å². The summed E-state index contributed by atoms with van der Waals surface area (Å²) in [5.74, 6) is -0.345. The first-order valence-electron chi connectivity index (χ1n) is 8.74. The minimum Gasteiger partial charge on any atom is -0.350 e. The van der Waals surface area contributed by atoms with Crippen LogP contribution in [0.15, 0.2) is 48.5 Å². The van der Waals surface area contributed by atoms with E-state index >= 15 is 0 Å². The monoisotopic (exact) mass is 341 g/mol. The van der Waals surface area contributed by atoms with Gasteiger partial charge in [0.1, 0.15) is 5.82 Å². The Hall–Kier alpha value is -2.24. The third-order valence-corrected chi connectivity index (χ3v) is 4.74. The van der Waals surface area contributed by atoms with Crippen LogP contribution in [0.3, 0.4) is 0 Å². The molecule has 2 aromatic rings. The summed E-state index contributed by atoms with van der Waals surface area (Å²) in [5, 5.41) is 3.02. The summed E-state index contributed by atoms with van der Waals surface area (Å²) in [6.45, 7) is 2.97. The van der Waals surface area contributed by atoms with Gasteiger partial charge in [0.15, 0.2) is 0 Å². The van der Waals surface area contributed by atoms with Gasteiger partial charge in [-0.2, -0.15) is 0 Å². The van der Waals surface area contributed by atoms with Gasteiger partial charge in [0, 0.05) is 18.7 Å². The fourth-order valence-electron chi connectivity index (χ4n) is 3.28. The number of nitrogens with zero attached hydrogens (tertiary/aromatic N) is 1. The lowest BCUT2D eigenvalue weighted by Crippen LogP contribution is -2.36. The van der Waals surface area contributed by atoms with E-state index in [9.17, 15) is 9.18 Å². The Morgan fingerprint density at radius 1 is 1.08 bits per heavy atom. The number of nitrogens with two attached hydrogens (primary N) is 1. The third-order valence-electron chi connectivity index (χ3n) is 4.74. The molecule has 0 saturated carbocycles. The number of nitrogens with one attached hydrogen (secondary N) is 1. The zero-order valence-corrected chi connectivity index (χ0v) is 14.2. The van der Waals surface area contributed by atoms with Gasteiger partial charge in [-0.05, 0) is 61.3 Å². The normalized spacial score (nSPS) is 15.9. The highest BCUT2D eigenvalue weighted by Gasteiger charge is 2.24. The molecule has 1 amide bonds. The Labute approximate surface area is 147 Å². The second-order valence-electron chi connectivity index (χ2n) is 6.42. The lowest BCUT2D eigenvalue weighted by atomic mass is 10.0. The standard InChI is InChI=1S/C20H24FN3O/c21-18-9-7-16(8-10-18)19(24-11-1-2-12-24)14-23-20(25)17-5-3-15(13-22)4-6-17/h3-10,19H,1-2,11-14,22H2,(H,23,25). The van der Waals surface area contributed by atoms with Crippen molar-refractivity contribution in [2.45, 2.75) is 25.4 Å². The van der Waals surface area contributed by atoms with E-state index in [1.54, 1.807) is 24.3 Å². The number of rotatable bonds is 6. The molecule has 3 N–H and O–H groups in total. The molecule has 5 heteroatoms. The van der Waals surface area contributed by atoms with Crippen LogP contribution in [0.4, 0.5) is 4.39 Å². The van der Waals surface area contributed by atoms with Gasteiger partial charge < -0.3 is 11.1 Å². The average Bonchev–Trinajstić information content (AvgIpc) is 3.17. The first-order chi connectivity index (χ1) is 12.2. The zero-order valence-electron chi connectivity index (χ0n) is 14.2. The van der Waals surface area contributed by atoms with E-state index in [0.29, 0.717) is 18.7 Å². The van der Waals surface area contributed by atoms with Crippen molar-refractivity contribution >= 4 is 5.91 Å². The predicted octanol–water partition coefficient (Wildman–Crippen LogP) is 2.85. The van der Waals surface area contributed by atoms with Crippen LogP contribution in [0.5, 0.6) is 0 Å². The molecule has 1 unspecified atom stereocenters. The smallest absolute Gasteiger partial charge is 0.251 e. The van der Waals surface area contributed by atoms with Gasteiger partial charge >= 0.3 is 0 Å². The Kier molecular flexibility index (Phi) is 5.79. The van der Waals surface area contributed by atoms with Crippen molar-refractivity contribution in [2.75, 3.05) is 19.6 Å². The molecule has 25 heavy (non-hydrogen) atoms. The Bertz CT molecular complexity index is 694. The van der Waals surface area contributed by atoms with Gasteiger partial charge in [-0.15, -0.1) is 0 Å². The number of carbonyl (C=O) groups is 1. The summed E-state index contributed by atoms with van der Waals surface area (Å²) >= 11 is 0. The van der Waals surface area contributed by atoms with Crippen molar-refractivity contribution in [2.24, 2.45) is 5.73 Å². The maximum Gasteiger partial charge on any atom is 0.251 e. The molecule has 0 spiro atoms. The maximum absolute atomic E-state index is 13.2. The number of benzene rings is 2. The van der Waals surface area contributed by atoms with E-state index in [1.807, 2.05) is 12.1 Å². The predicted molar refractivity (Wildman–Crippen MR) is 96.6 cm³/mol. The van der Waals surface area contributed by atoms with Gasteiger partial charge in [-0.25, -0.2) is 4.39 Å². The van der Waals surface area contributed by atoms with Crippen LogP contribution in [0.25, 0.3) is 0 Å². The van der Waals surface area contributed by atoms with Crippen molar-refractivity contribution in [1.82, 2.24) is 10.2 Å². The largest absolute Gasteiger partial charge is 0.350 e. The van der Waals surface area contributed by atoms with E-state index in [1.165, 1.54) is 12.1 Å². The van der Waals surface area contributed by atoms with Crippen LogP contribution in [0.2, 0.25) is 0 Å². The van der Waals surface area contributed by atoms with Crippen LogP contribution >= 0.6 is 0 Å². The molecular formula is C20H24FN3O. The molecule has 1 fully saturated rings. The van der Waals surface area contributed by atoms with Crippen molar-refractivity contribution in [3.63, 3.8) is 0 Å². The Balaban J connectivity index is 1.69. The number of likely N-dealkylation sites (tertiary alicyclic amines) is 1. The number of hydrogen-bond acceptors (Lipinski definition) is 3. The fourth-order valence-corrected chi connectivity index (χ4v) is 3.28. The van der Waals surface area contributed by atoms with Crippen LogP contribution in [0, 0.1) is 5.82 Å². The van der Waals surface area contributed by atoms with Crippen LogP contribution < -0.4 is 11.1 Å². The quantitative estimate of drug-likeness (QED) is 0.849. The van der Waals surface area contributed by atoms with E-state index < -0.39 is 0 Å². The summed E-state index contributed by atoms with van der Waals surface area (Å²) in [7, 11) is 0. The molecule has 1 heterocycles. The Morgan fingerprint density at radius 3 is 2.32 bits per heavy atom. The van der Waals surface area contributed by atoms with Gasteiger partial charge in [0.05, 0.1) is 6.04 Å². The summed E-state index contributed by atoms with van der Waals surface area (Å²) in [6, 6.07) is 14.0. The molecule has 0 aliphatic carbocycles. The molecule has 1 saturated heterocycles. The summed E-state index contributed by atoms with van der Waals surface area (Å²) < 4.78 is 13.2. The first-order valence-corrected chi connectivity index (χ1v) is 8.74. The molecule has 1 atom stereocenters. The molecule has 4 nitrogen and oxygen atoms in total. The third kappa shape index (κ3) is 4.44. The molecule has 132 valence electrons. The molecular weight excluding hydrogens is 317 g/mol. The van der Waals surface area contributed by atoms with Crippen LogP contribution in [-0.2, 0) is 6.54 Å². The summed E-state index contributed by atoms with van der Waals surface area (Å²) in [4.78, 5) is 14.8. The lowest BCUT2D eigenvalue weighted by molar-refractivity contribution is 0.0938. The van der Waals surface area contributed by atoms with Gasteiger partial charge in [-0.3, -0.25) is 9.69 Å². The lowest BCUT2D eigenvalue weighted by Gasteiger charge is -2.28. The average molecular weight is 341 g/mol. The van der Waals surface area contributed by atoms with Crippen LogP contribution in [-0.4, -0.2) is 30.4 Å². The van der Waals surface area contributed by atoms with E-state index in [4.69, 9.17) is 5.73 Å². The number of hydrogen-bond donors (Lipinski definition) is 2. The number of halogens is 1. The van der Waals surface area contributed by atoms with E-state index in [-0.39, 0.29) is 17.8 Å². The van der Waals surface area contributed by atoms with Crippen LogP contribution in [0.1, 0.15) is 40.4 Å². The molecule has 3 rings (SSSR count). The molecule has 2 aromatic carbocycles.